The van der Waals surface area contributed by atoms with Crippen molar-refractivity contribution in [3.63, 3.8) is 0 Å². The highest BCUT2D eigenvalue weighted by molar-refractivity contribution is 5.73. The van der Waals surface area contributed by atoms with Crippen molar-refractivity contribution in [2.45, 2.75) is 26.3 Å². The number of nitrogens with zero attached hydrogens (tertiary/aromatic N) is 4. The maximum Gasteiger partial charge on any atom is 0.328 e. The lowest BCUT2D eigenvalue weighted by Crippen LogP contribution is -2.27. The van der Waals surface area contributed by atoms with Crippen molar-refractivity contribution in [2.24, 2.45) is 5.92 Å². The average Bonchev–Trinajstić information content (AvgIpc) is 2.96. The van der Waals surface area contributed by atoms with Gasteiger partial charge in [0.25, 0.3) is 0 Å². The first-order chi connectivity index (χ1) is 10.1. The molecule has 21 heavy (non-hydrogen) atoms. The van der Waals surface area contributed by atoms with E-state index in [9.17, 15) is 9.90 Å². The molecular weight excluding hydrogens is 272 g/mol. The molecule has 0 fully saturated rings. The number of benzene rings is 1. The van der Waals surface area contributed by atoms with Crippen LogP contribution in [-0.2, 0) is 4.79 Å². The molecule has 0 aliphatic carbocycles. The van der Waals surface area contributed by atoms with Crippen LogP contribution >= 0.6 is 0 Å². The third-order valence-corrected chi connectivity index (χ3v) is 3.54. The number of hydrogen-bond donors (Lipinski definition) is 1. The second-order valence-electron chi connectivity index (χ2n) is 4.84. The predicted octanol–water partition coefficient (Wildman–Crippen LogP) is 2.02. The van der Waals surface area contributed by atoms with Gasteiger partial charge in [-0.2, -0.15) is 0 Å². The first-order valence-corrected chi connectivity index (χ1v) is 6.73. The molecule has 1 heterocycles. The fraction of sp³-hybridized carbons (Fsp3) is 0.429. The van der Waals surface area contributed by atoms with E-state index in [0.29, 0.717) is 5.82 Å². The molecule has 112 valence electrons. The summed E-state index contributed by atoms with van der Waals surface area (Å²) >= 11 is 0. The average molecular weight is 290 g/mol. The number of carboxylic acid groups (broad SMARTS) is 1. The number of tetrazole rings is 1. The van der Waals surface area contributed by atoms with Gasteiger partial charge in [-0.05, 0) is 40.6 Å². The van der Waals surface area contributed by atoms with Crippen molar-refractivity contribution >= 4 is 5.97 Å². The van der Waals surface area contributed by atoms with E-state index in [1.54, 1.807) is 31.4 Å². The second-order valence-corrected chi connectivity index (χ2v) is 4.84. The third kappa shape index (κ3) is 3.01. The van der Waals surface area contributed by atoms with E-state index in [0.717, 1.165) is 17.7 Å². The Balaban J connectivity index is 2.42. The summed E-state index contributed by atoms with van der Waals surface area (Å²) in [4.78, 5) is 11.5. The summed E-state index contributed by atoms with van der Waals surface area (Å²) in [7, 11) is 1.59. The minimum absolute atomic E-state index is 0.0806. The lowest BCUT2D eigenvalue weighted by molar-refractivity contribution is -0.142. The van der Waals surface area contributed by atoms with E-state index in [1.165, 1.54) is 4.68 Å². The molecule has 0 bridgehead atoms. The molecule has 2 atom stereocenters. The van der Waals surface area contributed by atoms with Gasteiger partial charge in [0.1, 0.15) is 5.75 Å². The Morgan fingerprint density at radius 3 is 2.57 bits per heavy atom. The number of rotatable bonds is 6. The topological polar surface area (TPSA) is 90.1 Å². The molecule has 1 N–H and O–H groups in total. The van der Waals surface area contributed by atoms with Crippen LogP contribution in [-0.4, -0.2) is 38.4 Å². The van der Waals surface area contributed by atoms with Gasteiger partial charge in [-0.15, -0.1) is 5.10 Å². The highest BCUT2D eigenvalue weighted by Gasteiger charge is 2.29. The van der Waals surface area contributed by atoms with E-state index in [-0.39, 0.29) is 5.92 Å². The Morgan fingerprint density at radius 2 is 2.05 bits per heavy atom. The molecule has 0 saturated heterocycles. The Kier molecular flexibility index (Phi) is 4.52. The van der Waals surface area contributed by atoms with Gasteiger partial charge in [0.2, 0.25) is 0 Å². The van der Waals surface area contributed by atoms with Gasteiger partial charge in [-0.25, -0.2) is 9.48 Å². The summed E-state index contributed by atoms with van der Waals surface area (Å²) in [6.45, 7) is 3.82. The Hall–Kier alpha value is -2.44. The number of carboxylic acids is 1. The monoisotopic (exact) mass is 290 g/mol. The molecule has 2 rings (SSSR count). The summed E-state index contributed by atoms with van der Waals surface area (Å²) in [5.74, 6) is 0.134. The van der Waals surface area contributed by atoms with Crippen LogP contribution in [0.25, 0.3) is 11.4 Å². The van der Waals surface area contributed by atoms with Gasteiger partial charge in [0.05, 0.1) is 7.11 Å². The fourth-order valence-electron chi connectivity index (χ4n) is 2.12. The quantitative estimate of drug-likeness (QED) is 0.875. The summed E-state index contributed by atoms with van der Waals surface area (Å²) in [6, 6.07) is 6.38. The van der Waals surface area contributed by atoms with Crippen molar-refractivity contribution in [3.8, 4) is 17.1 Å². The van der Waals surface area contributed by atoms with Gasteiger partial charge < -0.3 is 9.84 Å². The van der Waals surface area contributed by atoms with E-state index in [4.69, 9.17) is 4.74 Å². The van der Waals surface area contributed by atoms with Crippen molar-refractivity contribution in [1.29, 1.82) is 0 Å². The van der Waals surface area contributed by atoms with Crippen LogP contribution in [0.1, 0.15) is 26.3 Å². The zero-order chi connectivity index (χ0) is 15.4. The van der Waals surface area contributed by atoms with Crippen molar-refractivity contribution in [3.05, 3.63) is 24.3 Å². The normalized spacial score (nSPS) is 13.7. The lowest BCUT2D eigenvalue weighted by Gasteiger charge is -2.19. The van der Waals surface area contributed by atoms with Crippen molar-refractivity contribution in [1.82, 2.24) is 20.2 Å². The first kappa shape index (κ1) is 15.0. The summed E-state index contributed by atoms with van der Waals surface area (Å²) in [5.41, 5.74) is 0.746. The maximum absolute atomic E-state index is 11.5. The van der Waals surface area contributed by atoms with E-state index >= 15 is 0 Å². The molecule has 1 aromatic heterocycles. The molecule has 7 heteroatoms. The lowest BCUT2D eigenvalue weighted by atomic mass is 9.99. The van der Waals surface area contributed by atoms with Gasteiger partial charge in [0.15, 0.2) is 11.9 Å². The smallest absolute Gasteiger partial charge is 0.328 e. The minimum atomic E-state index is -0.939. The Bertz CT molecular complexity index is 609. The molecule has 7 nitrogen and oxygen atoms in total. The van der Waals surface area contributed by atoms with Crippen LogP contribution in [0.2, 0.25) is 0 Å². The number of carbonyl (C=O) groups is 1. The molecular formula is C14H18N4O3. The van der Waals surface area contributed by atoms with Crippen LogP contribution in [0.5, 0.6) is 5.75 Å². The van der Waals surface area contributed by atoms with Gasteiger partial charge in [0, 0.05) is 5.56 Å². The molecule has 2 unspecified atom stereocenters. The SMILES string of the molecule is CCC(C)C(C(=O)O)n1nnnc1-c1ccc(OC)cc1. The molecule has 0 aliphatic rings. The molecule has 2 aromatic rings. The van der Waals surface area contributed by atoms with Crippen LogP contribution < -0.4 is 4.74 Å². The number of aromatic nitrogens is 4. The van der Waals surface area contributed by atoms with Gasteiger partial charge in [-0.1, -0.05) is 20.3 Å². The summed E-state index contributed by atoms with van der Waals surface area (Å²) in [5, 5.41) is 20.9. The summed E-state index contributed by atoms with van der Waals surface area (Å²) in [6.07, 6.45) is 0.721. The van der Waals surface area contributed by atoms with Crippen LogP contribution in [0, 0.1) is 5.92 Å². The summed E-state index contributed by atoms with van der Waals surface area (Å²) < 4.78 is 6.48. The standard InChI is InChI=1S/C14H18N4O3/c1-4-9(2)12(14(19)20)18-13(15-16-17-18)10-5-7-11(21-3)8-6-10/h5-9,12H,4H2,1-3H3,(H,19,20). The predicted molar refractivity (Wildman–Crippen MR) is 75.9 cm³/mol. The fourth-order valence-corrected chi connectivity index (χ4v) is 2.12. The van der Waals surface area contributed by atoms with Gasteiger partial charge >= 0.3 is 5.97 Å². The first-order valence-electron chi connectivity index (χ1n) is 6.73. The van der Waals surface area contributed by atoms with Crippen molar-refractivity contribution < 1.29 is 14.6 Å². The second kappa shape index (κ2) is 6.34. The number of ether oxygens (including phenoxy) is 1. The maximum atomic E-state index is 11.5. The number of aliphatic carboxylic acids is 1. The zero-order valence-corrected chi connectivity index (χ0v) is 12.2. The number of hydrogen-bond acceptors (Lipinski definition) is 5. The molecule has 0 radical (unpaired) electrons. The Morgan fingerprint density at radius 1 is 1.38 bits per heavy atom. The largest absolute Gasteiger partial charge is 0.497 e. The molecule has 0 aliphatic heterocycles. The highest BCUT2D eigenvalue weighted by Crippen LogP contribution is 2.26. The van der Waals surface area contributed by atoms with E-state index in [1.807, 2.05) is 13.8 Å². The Labute approximate surface area is 122 Å². The van der Waals surface area contributed by atoms with Crippen molar-refractivity contribution in [2.75, 3.05) is 7.11 Å². The van der Waals surface area contributed by atoms with E-state index in [2.05, 4.69) is 15.5 Å². The molecule has 0 saturated carbocycles. The zero-order valence-electron chi connectivity index (χ0n) is 12.2. The van der Waals surface area contributed by atoms with Crippen LogP contribution in [0.15, 0.2) is 24.3 Å². The third-order valence-electron chi connectivity index (χ3n) is 3.54. The van der Waals surface area contributed by atoms with Crippen LogP contribution in [0.4, 0.5) is 0 Å². The molecule has 0 spiro atoms. The number of methoxy groups -OCH3 is 1. The van der Waals surface area contributed by atoms with Crippen LogP contribution in [0.3, 0.4) is 0 Å². The molecule has 0 amide bonds. The van der Waals surface area contributed by atoms with E-state index < -0.39 is 12.0 Å². The molecule has 1 aromatic carbocycles. The highest BCUT2D eigenvalue weighted by atomic mass is 16.5. The minimum Gasteiger partial charge on any atom is -0.497 e. The van der Waals surface area contributed by atoms with Gasteiger partial charge in [-0.3, -0.25) is 0 Å².